The Bertz CT molecular complexity index is 401. The van der Waals surface area contributed by atoms with Gasteiger partial charge in [0.05, 0.1) is 19.3 Å². The average molecular weight is 236 g/mol. The fraction of sp³-hybridized carbons (Fsp3) is 0.615. The van der Waals surface area contributed by atoms with Crippen LogP contribution in [0.5, 0.6) is 0 Å². The molecule has 1 saturated heterocycles. The normalized spacial score (nSPS) is 19.6. The topological polar surface area (TPSA) is 45.6 Å². The standard InChI is InChI=1S/C13H20N2O2/c1-9-6-10(2)14-13(12(9)7-16)15(3)11-4-5-17-8-11/h6,11,16H,4-5,7-8H2,1-3H3. The summed E-state index contributed by atoms with van der Waals surface area (Å²) >= 11 is 0. The van der Waals surface area contributed by atoms with Crippen molar-refractivity contribution < 1.29 is 9.84 Å². The molecule has 2 rings (SSSR count). The number of pyridine rings is 1. The second-order valence-electron chi connectivity index (χ2n) is 4.67. The number of hydrogen-bond acceptors (Lipinski definition) is 4. The smallest absolute Gasteiger partial charge is 0.134 e. The molecule has 1 aromatic rings. The Morgan fingerprint density at radius 1 is 1.53 bits per heavy atom. The molecule has 1 aromatic heterocycles. The van der Waals surface area contributed by atoms with Gasteiger partial charge in [0, 0.05) is 24.9 Å². The van der Waals surface area contributed by atoms with Crippen LogP contribution in [0.15, 0.2) is 6.07 Å². The number of anilines is 1. The Labute approximate surface area is 102 Å². The van der Waals surface area contributed by atoms with Crippen LogP contribution in [0.3, 0.4) is 0 Å². The molecule has 0 amide bonds. The number of nitrogens with zero attached hydrogens (tertiary/aromatic N) is 2. The van der Waals surface area contributed by atoms with Gasteiger partial charge in [-0.15, -0.1) is 0 Å². The van der Waals surface area contributed by atoms with E-state index in [4.69, 9.17) is 4.74 Å². The third kappa shape index (κ3) is 2.42. The van der Waals surface area contributed by atoms with Crippen molar-refractivity contribution in [3.8, 4) is 0 Å². The molecule has 1 atom stereocenters. The summed E-state index contributed by atoms with van der Waals surface area (Å²) < 4.78 is 5.40. The lowest BCUT2D eigenvalue weighted by Crippen LogP contribution is -2.33. The van der Waals surface area contributed by atoms with Crippen LogP contribution < -0.4 is 4.90 Å². The molecule has 1 N–H and O–H groups in total. The van der Waals surface area contributed by atoms with Crippen molar-refractivity contribution in [2.24, 2.45) is 0 Å². The number of rotatable bonds is 3. The molecule has 1 aliphatic rings. The SMILES string of the molecule is Cc1cc(C)c(CO)c(N(C)C2CCOC2)n1. The molecule has 2 heterocycles. The highest BCUT2D eigenvalue weighted by molar-refractivity contribution is 5.51. The molecule has 0 spiro atoms. The van der Waals surface area contributed by atoms with Crippen LogP contribution in [0.25, 0.3) is 0 Å². The first kappa shape index (κ1) is 12.3. The second kappa shape index (κ2) is 5.02. The van der Waals surface area contributed by atoms with Crippen molar-refractivity contribution >= 4 is 5.82 Å². The molecular weight excluding hydrogens is 216 g/mol. The molecule has 4 nitrogen and oxygen atoms in total. The second-order valence-corrected chi connectivity index (χ2v) is 4.67. The van der Waals surface area contributed by atoms with Crippen LogP contribution in [0.2, 0.25) is 0 Å². The lowest BCUT2D eigenvalue weighted by Gasteiger charge is -2.27. The molecule has 0 radical (unpaired) electrons. The Morgan fingerprint density at radius 2 is 2.29 bits per heavy atom. The van der Waals surface area contributed by atoms with Gasteiger partial charge in [0.15, 0.2) is 0 Å². The summed E-state index contributed by atoms with van der Waals surface area (Å²) in [6, 6.07) is 2.38. The van der Waals surface area contributed by atoms with Gasteiger partial charge < -0.3 is 14.7 Å². The van der Waals surface area contributed by atoms with Gasteiger partial charge in [-0.3, -0.25) is 0 Å². The number of hydrogen-bond donors (Lipinski definition) is 1. The van der Waals surface area contributed by atoms with Crippen molar-refractivity contribution in [2.45, 2.75) is 32.9 Å². The zero-order valence-electron chi connectivity index (χ0n) is 10.7. The first-order chi connectivity index (χ1) is 8.13. The van der Waals surface area contributed by atoms with E-state index in [1.165, 1.54) is 0 Å². The minimum atomic E-state index is 0.0341. The van der Waals surface area contributed by atoms with E-state index >= 15 is 0 Å². The quantitative estimate of drug-likeness (QED) is 0.862. The molecule has 94 valence electrons. The fourth-order valence-electron chi connectivity index (χ4n) is 2.33. The monoisotopic (exact) mass is 236 g/mol. The van der Waals surface area contributed by atoms with Gasteiger partial charge in [-0.05, 0) is 31.9 Å². The zero-order valence-corrected chi connectivity index (χ0v) is 10.7. The van der Waals surface area contributed by atoms with E-state index in [9.17, 15) is 5.11 Å². The molecule has 4 heteroatoms. The predicted octanol–water partition coefficient (Wildman–Crippen LogP) is 1.42. The highest BCUT2D eigenvalue weighted by Crippen LogP contribution is 2.25. The summed E-state index contributed by atoms with van der Waals surface area (Å²) in [5.41, 5.74) is 3.01. The van der Waals surface area contributed by atoms with E-state index in [-0.39, 0.29) is 6.61 Å². The number of likely N-dealkylation sites (N-methyl/N-ethyl adjacent to an activating group) is 1. The first-order valence-corrected chi connectivity index (χ1v) is 6.02. The van der Waals surface area contributed by atoms with Gasteiger partial charge in [0.1, 0.15) is 5.82 Å². The Hall–Kier alpha value is -1.13. The first-order valence-electron chi connectivity index (χ1n) is 6.02. The van der Waals surface area contributed by atoms with Gasteiger partial charge >= 0.3 is 0 Å². The van der Waals surface area contributed by atoms with Crippen LogP contribution >= 0.6 is 0 Å². The van der Waals surface area contributed by atoms with E-state index in [2.05, 4.69) is 9.88 Å². The molecule has 1 unspecified atom stereocenters. The molecule has 17 heavy (non-hydrogen) atoms. The van der Waals surface area contributed by atoms with Crippen LogP contribution in [-0.4, -0.2) is 36.4 Å². The van der Waals surface area contributed by atoms with E-state index in [0.717, 1.165) is 42.3 Å². The number of ether oxygens (including phenoxy) is 1. The van der Waals surface area contributed by atoms with Crippen molar-refractivity contribution in [3.05, 3.63) is 22.9 Å². The maximum absolute atomic E-state index is 9.48. The van der Waals surface area contributed by atoms with Crippen molar-refractivity contribution in [3.63, 3.8) is 0 Å². The maximum Gasteiger partial charge on any atom is 0.134 e. The summed E-state index contributed by atoms with van der Waals surface area (Å²) in [4.78, 5) is 6.70. The molecule has 0 aromatic carbocycles. The third-order valence-corrected chi connectivity index (χ3v) is 3.40. The summed E-state index contributed by atoms with van der Waals surface area (Å²) in [5, 5.41) is 9.48. The summed E-state index contributed by atoms with van der Waals surface area (Å²) in [6.45, 7) is 5.59. The van der Waals surface area contributed by atoms with Crippen molar-refractivity contribution in [2.75, 3.05) is 25.2 Å². The van der Waals surface area contributed by atoms with Gasteiger partial charge in [0.25, 0.3) is 0 Å². The third-order valence-electron chi connectivity index (χ3n) is 3.40. The summed E-state index contributed by atoms with van der Waals surface area (Å²) in [5.74, 6) is 0.889. The molecule has 1 fully saturated rings. The lowest BCUT2D eigenvalue weighted by molar-refractivity contribution is 0.193. The Balaban J connectivity index is 2.35. The fourth-order valence-corrected chi connectivity index (χ4v) is 2.33. The molecule has 0 aliphatic carbocycles. The number of aliphatic hydroxyl groups excluding tert-OH is 1. The number of aryl methyl sites for hydroxylation is 2. The van der Waals surface area contributed by atoms with Crippen LogP contribution in [0, 0.1) is 13.8 Å². The summed E-state index contributed by atoms with van der Waals surface area (Å²) in [7, 11) is 2.03. The molecule has 1 aliphatic heterocycles. The van der Waals surface area contributed by atoms with Gasteiger partial charge in [0.2, 0.25) is 0 Å². The van der Waals surface area contributed by atoms with Crippen LogP contribution in [0.1, 0.15) is 23.2 Å². The van der Waals surface area contributed by atoms with Gasteiger partial charge in [-0.1, -0.05) is 0 Å². The Kier molecular flexibility index (Phi) is 3.64. The molecule has 0 saturated carbocycles. The maximum atomic E-state index is 9.48. The largest absolute Gasteiger partial charge is 0.392 e. The van der Waals surface area contributed by atoms with Gasteiger partial charge in [-0.25, -0.2) is 4.98 Å². The molecule has 0 bridgehead atoms. The predicted molar refractivity (Wildman–Crippen MR) is 67.3 cm³/mol. The number of aliphatic hydroxyl groups is 1. The average Bonchev–Trinajstić information content (AvgIpc) is 2.80. The minimum absolute atomic E-state index is 0.0341. The van der Waals surface area contributed by atoms with Crippen molar-refractivity contribution in [1.82, 2.24) is 4.98 Å². The molecular formula is C13H20N2O2. The lowest BCUT2D eigenvalue weighted by atomic mass is 10.1. The zero-order chi connectivity index (χ0) is 12.4. The van der Waals surface area contributed by atoms with E-state index in [0.29, 0.717) is 6.04 Å². The van der Waals surface area contributed by atoms with Gasteiger partial charge in [-0.2, -0.15) is 0 Å². The minimum Gasteiger partial charge on any atom is -0.392 e. The van der Waals surface area contributed by atoms with Crippen LogP contribution in [-0.2, 0) is 11.3 Å². The summed E-state index contributed by atoms with van der Waals surface area (Å²) in [6.07, 6.45) is 1.02. The van der Waals surface area contributed by atoms with Crippen LogP contribution in [0.4, 0.5) is 5.82 Å². The van der Waals surface area contributed by atoms with E-state index in [1.807, 2.05) is 27.0 Å². The van der Waals surface area contributed by atoms with E-state index < -0.39 is 0 Å². The highest BCUT2D eigenvalue weighted by atomic mass is 16.5. The van der Waals surface area contributed by atoms with Crippen molar-refractivity contribution in [1.29, 1.82) is 0 Å². The Morgan fingerprint density at radius 3 is 2.88 bits per heavy atom. The number of aromatic nitrogens is 1. The highest BCUT2D eigenvalue weighted by Gasteiger charge is 2.23. The van der Waals surface area contributed by atoms with E-state index in [1.54, 1.807) is 0 Å².